The van der Waals surface area contributed by atoms with E-state index >= 15 is 0 Å². The molecule has 10 heteroatoms. The topological polar surface area (TPSA) is 75.2 Å². The maximum atomic E-state index is 13.9. The molecule has 3 aromatic rings. The Morgan fingerprint density at radius 3 is 2.32 bits per heavy atom. The number of alkyl halides is 3. The molecule has 2 aliphatic rings. The molecule has 0 amide bonds. The molecular weight excluding hydrogens is 501 g/mol. The van der Waals surface area contributed by atoms with E-state index in [-0.39, 0.29) is 22.5 Å². The number of nitrogens with one attached hydrogen (secondary N) is 1. The van der Waals surface area contributed by atoms with Crippen LogP contribution in [0.15, 0.2) is 59.6 Å². The number of piperidine rings is 1. The van der Waals surface area contributed by atoms with Gasteiger partial charge in [0.05, 0.1) is 11.3 Å². The summed E-state index contributed by atoms with van der Waals surface area (Å²) in [5.74, 6) is 1.15. The van der Waals surface area contributed by atoms with Crippen molar-refractivity contribution >= 4 is 21.7 Å². The van der Waals surface area contributed by atoms with Gasteiger partial charge in [-0.05, 0) is 67.3 Å². The average Bonchev–Trinajstić information content (AvgIpc) is 2.83. The minimum atomic E-state index is -4.64. The molecule has 0 bridgehead atoms. The van der Waals surface area contributed by atoms with Gasteiger partial charge in [-0.25, -0.2) is 9.97 Å². The number of pyridine rings is 2. The van der Waals surface area contributed by atoms with E-state index in [0.29, 0.717) is 17.3 Å². The summed E-state index contributed by atoms with van der Waals surface area (Å²) >= 11 is 0. The van der Waals surface area contributed by atoms with Crippen molar-refractivity contribution in [1.82, 2.24) is 9.97 Å². The number of anilines is 2. The van der Waals surface area contributed by atoms with Gasteiger partial charge >= 0.3 is 6.18 Å². The Morgan fingerprint density at radius 1 is 0.919 bits per heavy atom. The van der Waals surface area contributed by atoms with Crippen LogP contribution in [0.5, 0.6) is 0 Å². The van der Waals surface area contributed by atoms with Gasteiger partial charge in [0.25, 0.3) is 10.0 Å². The number of nitrogens with zero attached hydrogens (tertiary/aromatic N) is 3. The lowest BCUT2D eigenvalue weighted by atomic mass is 9.77. The Bertz CT molecular complexity index is 1380. The van der Waals surface area contributed by atoms with Crippen LogP contribution in [0.3, 0.4) is 0 Å². The van der Waals surface area contributed by atoms with Crippen LogP contribution < -0.4 is 9.62 Å². The van der Waals surface area contributed by atoms with Crippen molar-refractivity contribution in [2.24, 2.45) is 5.92 Å². The molecule has 1 aliphatic heterocycles. The number of sulfonamides is 1. The van der Waals surface area contributed by atoms with E-state index in [2.05, 4.69) is 21.6 Å². The highest BCUT2D eigenvalue weighted by molar-refractivity contribution is 7.92. The monoisotopic (exact) mass is 530 g/mol. The summed E-state index contributed by atoms with van der Waals surface area (Å²) in [5.41, 5.74) is -0.00184. The summed E-state index contributed by atoms with van der Waals surface area (Å²) in [4.78, 5) is 10.6. The Hall–Kier alpha value is -3.14. The lowest BCUT2D eigenvalue weighted by Gasteiger charge is -2.31. The van der Waals surface area contributed by atoms with Gasteiger partial charge in [0.2, 0.25) is 0 Å². The molecule has 37 heavy (non-hydrogen) atoms. The molecule has 0 atom stereocenters. The minimum Gasteiger partial charge on any atom is -0.357 e. The summed E-state index contributed by atoms with van der Waals surface area (Å²) in [6, 6.07) is 13.6. The Balaban J connectivity index is 1.48. The number of rotatable bonds is 6. The lowest BCUT2D eigenvalue weighted by Crippen LogP contribution is -2.33. The smallest absolute Gasteiger partial charge is 0.357 e. The van der Waals surface area contributed by atoms with Gasteiger partial charge in [0.1, 0.15) is 11.6 Å². The maximum absolute atomic E-state index is 13.9. The quantitative estimate of drug-likeness (QED) is 0.396. The third-order valence-corrected chi connectivity index (χ3v) is 8.55. The lowest BCUT2D eigenvalue weighted by molar-refractivity contribution is -0.137. The highest BCUT2D eigenvalue weighted by atomic mass is 32.2. The standard InChI is InChI=1S/C27H29F3N4O2S/c1-18-14-16-34(17-15-18)24-10-5-11-25(32-24)37(35,36)33-23-13-12-22(27(28,29)30)26(31-23)21-9-3-2-8-20(21)19-6-4-7-19/h2-3,5,8-13,18-19H,4,6-7,14-17H2,1H3,(H,31,33). The molecule has 1 aliphatic carbocycles. The largest absolute Gasteiger partial charge is 0.418 e. The molecule has 1 aromatic carbocycles. The zero-order chi connectivity index (χ0) is 26.2. The molecule has 0 spiro atoms. The van der Waals surface area contributed by atoms with Crippen LogP contribution >= 0.6 is 0 Å². The van der Waals surface area contributed by atoms with Gasteiger partial charge < -0.3 is 4.90 Å². The van der Waals surface area contributed by atoms with Crippen LogP contribution in [0.1, 0.15) is 56.1 Å². The van der Waals surface area contributed by atoms with Crippen molar-refractivity contribution in [3.63, 3.8) is 0 Å². The zero-order valence-corrected chi connectivity index (χ0v) is 21.3. The molecule has 0 radical (unpaired) electrons. The van der Waals surface area contributed by atoms with Crippen LogP contribution in [0.2, 0.25) is 0 Å². The molecule has 196 valence electrons. The first-order chi connectivity index (χ1) is 17.6. The highest BCUT2D eigenvalue weighted by Gasteiger charge is 2.36. The second kappa shape index (κ2) is 9.96. The molecule has 1 N–H and O–H groups in total. The summed E-state index contributed by atoms with van der Waals surface area (Å²) in [7, 11) is -4.18. The second-order valence-electron chi connectivity index (χ2n) is 9.91. The molecule has 1 saturated carbocycles. The van der Waals surface area contributed by atoms with Crippen LogP contribution in [0.4, 0.5) is 24.8 Å². The van der Waals surface area contributed by atoms with Crippen molar-refractivity contribution in [2.75, 3.05) is 22.7 Å². The van der Waals surface area contributed by atoms with Crippen LogP contribution in [-0.2, 0) is 16.2 Å². The van der Waals surface area contributed by atoms with E-state index in [1.165, 1.54) is 6.07 Å². The molecule has 0 unspecified atom stereocenters. The number of benzene rings is 1. The highest BCUT2D eigenvalue weighted by Crippen LogP contribution is 2.44. The number of halogens is 3. The van der Waals surface area contributed by atoms with Crippen molar-refractivity contribution < 1.29 is 21.6 Å². The SMILES string of the molecule is CC1CCN(c2cccc(S(=O)(=O)Nc3ccc(C(F)(F)F)c(-c4ccccc4C4CCC4)n3)n2)CC1. The van der Waals surface area contributed by atoms with E-state index in [4.69, 9.17) is 0 Å². The second-order valence-corrected chi connectivity index (χ2v) is 11.5. The first-order valence-electron chi connectivity index (χ1n) is 12.5. The predicted molar refractivity (Wildman–Crippen MR) is 137 cm³/mol. The molecule has 3 heterocycles. The van der Waals surface area contributed by atoms with E-state index in [9.17, 15) is 21.6 Å². The van der Waals surface area contributed by atoms with Gasteiger partial charge in [0.15, 0.2) is 5.03 Å². The third kappa shape index (κ3) is 5.44. The summed E-state index contributed by atoms with van der Waals surface area (Å²) < 4.78 is 70.6. The molecular formula is C27H29F3N4O2S. The van der Waals surface area contributed by atoms with Gasteiger partial charge in [-0.1, -0.05) is 43.7 Å². The summed E-state index contributed by atoms with van der Waals surface area (Å²) in [5, 5.41) is -0.207. The first kappa shape index (κ1) is 25.5. The fourth-order valence-corrected chi connectivity index (χ4v) is 5.86. The average molecular weight is 531 g/mol. The number of aromatic nitrogens is 2. The van der Waals surface area contributed by atoms with E-state index in [1.807, 2.05) is 11.0 Å². The summed E-state index contributed by atoms with van der Waals surface area (Å²) in [6.45, 7) is 3.76. The maximum Gasteiger partial charge on any atom is 0.418 e. The minimum absolute atomic E-state index is 0.171. The fourth-order valence-electron chi connectivity index (χ4n) is 4.90. The fraction of sp³-hybridized carbons (Fsp3) is 0.407. The van der Waals surface area contributed by atoms with Crippen molar-refractivity contribution in [1.29, 1.82) is 0 Å². The normalized spacial score (nSPS) is 17.5. The molecule has 2 fully saturated rings. The summed E-state index contributed by atoms with van der Waals surface area (Å²) in [6.07, 6.45) is 0.190. The van der Waals surface area contributed by atoms with E-state index < -0.39 is 21.8 Å². The van der Waals surface area contributed by atoms with Crippen LogP contribution in [0.25, 0.3) is 11.3 Å². The Kier molecular flexibility index (Phi) is 6.87. The van der Waals surface area contributed by atoms with Crippen molar-refractivity contribution in [3.8, 4) is 11.3 Å². The van der Waals surface area contributed by atoms with Crippen molar-refractivity contribution in [3.05, 3.63) is 65.7 Å². The number of hydrogen-bond donors (Lipinski definition) is 1. The van der Waals surface area contributed by atoms with Gasteiger partial charge in [-0.2, -0.15) is 21.6 Å². The molecule has 6 nitrogen and oxygen atoms in total. The van der Waals surface area contributed by atoms with Gasteiger partial charge in [0, 0.05) is 18.7 Å². The molecule has 2 aromatic heterocycles. The third-order valence-electron chi connectivity index (χ3n) is 7.29. The Morgan fingerprint density at radius 2 is 1.65 bits per heavy atom. The first-order valence-corrected chi connectivity index (χ1v) is 14.0. The van der Waals surface area contributed by atoms with Gasteiger partial charge in [-0.15, -0.1) is 0 Å². The Labute approximate surface area is 215 Å². The zero-order valence-electron chi connectivity index (χ0n) is 20.5. The van der Waals surface area contributed by atoms with Crippen LogP contribution in [0, 0.1) is 5.92 Å². The van der Waals surface area contributed by atoms with Crippen molar-refractivity contribution in [2.45, 2.75) is 56.1 Å². The molecule has 5 rings (SSSR count). The van der Waals surface area contributed by atoms with E-state index in [1.54, 1.807) is 30.3 Å². The molecule has 1 saturated heterocycles. The van der Waals surface area contributed by atoms with Crippen LogP contribution in [-0.4, -0.2) is 31.5 Å². The van der Waals surface area contributed by atoms with Gasteiger partial charge in [-0.3, -0.25) is 4.72 Å². The number of hydrogen-bond acceptors (Lipinski definition) is 5. The predicted octanol–water partition coefficient (Wildman–Crippen LogP) is 6.47. The van der Waals surface area contributed by atoms with E-state index in [0.717, 1.165) is 62.9 Å².